The Kier molecular flexibility index (Phi) is 75.8. The molecule has 0 radical (unpaired) electrons. The molecule has 608 valence electrons. The van der Waals surface area contributed by atoms with Gasteiger partial charge in [0, 0.05) is 25.7 Å². The second-order valence-corrected chi connectivity index (χ2v) is 32.4. The molecular weight excluding hydrogens is 1340 g/mol. The summed E-state index contributed by atoms with van der Waals surface area (Å²) in [4.78, 5) is 73.1. The van der Waals surface area contributed by atoms with Gasteiger partial charge in [-0.1, -0.05) is 379 Å². The molecule has 0 amide bonds. The molecule has 3 N–H and O–H groups in total. The van der Waals surface area contributed by atoms with Gasteiger partial charge in [-0.3, -0.25) is 37.3 Å². The fraction of sp³-hybridized carbons (Fsp3) is 0.905. The van der Waals surface area contributed by atoms with Crippen molar-refractivity contribution in [2.24, 2.45) is 0 Å². The minimum absolute atomic E-state index is 0.103. The van der Waals surface area contributed by atoms with E-state index in [0.717, 1.165) is 109 Å². The summed E-state index contributed by atoms with van der Waals surface area (Å²) in [6.07, 6.45) is 74.2. The summed E-state index contributed by atoms with van der Waals surface area (Å²) in [5.74, 6) is -2.13. The van der Waals surface area contributed by atoms with E-state index in [1.165, 1.54) is 244 Å². The van der Waals surface area contributed by atoms with E-state index in [1.807, 2.05) is 0 Å². The number of aliphatic hydroxyl groups excluding tert-OH is 1. The third-order valence-corrected chi connectivity index (χ3v) is 21.1. The minimum atomic E-state index is -4.97. The molecule has 19 heteroatoms. The predicted molar refractivity (Wildman–Crippen MR) is 423 cm³/mol. The van der Waals surface area contributed by atoms with E-state index in [4.69, 9.17) is 37.0 Å². The zero-order chi connectivity index (χ0) is 75.3. The van der Waals surface area contributed by atoms with Gasteiger partial charge in [-0.15, -0.1) is 0 Å². The number of unbranched alkanes of at least 4 members (excludes halogenated alkanes) is 54. The number of aliphatic hydroxyl groups is 1. The molecule has 0 aliphatic carbocycles. The van der Waals surface area contributed by atoms with Gasteiger partial charge in [0.2, 0.25) is 0 Å². The van der Waals surface area contributed by atoms with Gasteiger partial charge in [0.15, 0.2) is 12.2 Å². The number of esters is 4. The summed E-state index contributed by atoms with van der Waals surface area (Å²) in [7, 11) is -9.93. The summed E-state index contributed by atoms with van der Waals surface area (Å²) < 4.78 is 68.8. The highest BCUT2D eigenvalue weighted by Gasteiger charge is 2.30. The second-order valence-electron chi connectivity index (χ2n) is 29.5. The highest BCUT2D eigenvalue weighted by Crippen LogP contribution is 2.45. The van der Waals surface area contributed by atoms with Crippen LogP contribution in [0, 0.1) is 0 Å². The average Bonchev–Trinajstić information content (AvgIpc) is 0.916. The van der Waals surface area contributed by atoms with Crippen LogP contribution in [0.4, 0.5) is 0 Å². The van der Waals surface area contributed by atoms with Crippen molar-refractivity contribution in [3.05, 3.63) is 24.3 Å². The van der Waals surface area contributed by atoms with Crippen LogP contribution in [0.5, 0.6) is 0 Å². The van der Waals surface area contributed by atoms with Gasteiger partial charge in [-0.2, -0.15) is 0 Å². The van der Waals surface area contributed by atoms with Crippen molar-refractivity contribution in [1.29, 1.82) is 0 Å². The molecule has 2 unspecified atom stereocenters. The van der Waals surface area contributed by atoms with Crippen molar-refractivity contribution < 1.29 is 80.2 Å². The Labute approximate surface area is 631 Å². The van der Waals surface area contributed by atoms with Crippen molar-refractivity contribution >= 4 is 39.5 Å². The number of carbonyl (C=O) groups excluding carboxylic acids is 4. The number of ether oxygens (including phenoxy) is 4. The number of carbonyl (C=O) groups is 4. The van der Waals surface area contributed by atoms with Gasteiger partial charge in [0.25, 0.3) is 0 Å². The normalized spacial score (nSPS) is 13.9. The van der Waals surface area contributed by atoms with Crippen LogP contribution in [0.3, 0.4) is 0 Å². The van der Waals surface area contributed by atoms with Gasteiger partial charge >= 0.3 is 39.5 Å². The fourth-order valence-corrected chi connectivity index (χ4v) is 14.2. The second kappa shape index (κ2) is 77.7. The van der Waals surface area contributed by atoms with Crippen LogP contribution >= 0.6 is 15.6 Å². The lowest BCUT2D eigenvalue weighted by Crippen LogP contribution is -2.30. The summed E-state index contributed by atoms with van der Waals surface area (Å²) >= 11 is 0. The quantitative estimate of drug-likeness (QED) is 0.0169. The number of allylic oxidation sites excluding steroid dienone is 4. The van der Waals surface area contributed by atoms with Crippen LogP contribution < -0.4 is 0 Å². The van der Waals surface area contributed by atoms with E-state index in [1.54, 1.807) is 0 Å². The molecule has 17 nitrogen and oxygen atoms in total. The SMILES string of the molecule is CCCCCC/C=C\C=C/CCCCCCCC(=O)OC[C@H](COP(=O)(O)OC[C@@H](O)COP(=O)(O)OC[C@@H](COC(=O)CCCCCCCCCCCCCCC)OC(=O)CCCCCCCCCCCCCCCCC)OC(=O)CCCCCCCCCCCCCCCCCCCCCC. The maximum atomic E-state index is 13.1. The molecule has 0 saturated heterocycles. The first-order valence-electron chi connectivity index (χ1n) is 43.1. The Bertz CT molecular complexity index is 2040. The predicted octanol–water partition coefficient (Wildman–Crippen LogP) is 25.3. The van der Waals surface area contributed by atoms with Crippen LogP contribution in [-0.4, -0.2) is 96.7 Å². The zero-order valence-electron chi connectivity index (χ0n) is 66.8. The highest BCUT2D eigenvalue weighted by molar-refractivity contribution is 7.47. The molecule has 0 aromatic rings. The van der Waals surface area contributed by atoms with Crippen molar-refractivity contribution in [2.75, 3.05) is 39.6 Å². The molecule has 0 aromatic heterocycles. The lowest BCUT2D eigenvalue weighted by atomic mass is 10.0. The molecule has 0 aliphatic heterocycles. The van der Waals surface area contributed by atoms with Gasteiger partial charge in [0.1, 0.15) is 19.3 Å². The average molecular weight is 1500 g/mol. The Morgan fingerprint density at radius 2 is 0.466 bits per heavy atom. The first kappa shape index (κ1) is 101. The summed E-state index contributed by atoms with van der Waals surface area (Å²) in [6.45, 7) is 4.99. The molecule has 0 bridgehead atoms. The molecule has 0 aromatic carbocycles. The van der Waals surface area contributed by atoms with Gasteiger partial charge in [0.05, 0.1) is 26.4 Å². The Morgan fingerprint density at radius 3 is 0.709 bits per heavy atom. The highest BCUT2D eigenvalue weighted by atomic mass is 31.2. The van der Waals surface area contributed by atoms with E-state index in [-0.39, 0.29) is 25.7 Å². The van der Waals surface area contributed by atoms with Crippen molar-refractivity contribution in [3.8, 4) is 0 Å². The molecule has 0 rings (SSSR count). The van der Waals surface area contributed by atoms with E-state index in [2.05, 4.69) is 52.0 Å². The Morgan fingerprint density at radius 1 is 0.272 bits per heavy atom. The third-order valence-electron chi connectivity index (χ3n) is 19.2. The zero-order valence-corrected chi connectivity index (χ0v) is 68.6. The Balaban J connectivity index is 5.28. The lowest BCUT2D eigenvalue weighted by Gasteiger charge is -2.21. The number of phosphoric acid groups is 2. The molecule has 0 heterocycles. The van der Waals surface area contributed by atoms with Crippen molar-refractivity contribution in [2.45, 2.75) is 451 Å². The number of phosphoric ester groups is 2. The summed E-state index contributed by atoms with van der Waals surface area (Å²) in [5.41, 5.74) is 0. The lowest BCUT2D eigenvalue weighted by molar-refractivity contribution is -0.161. The van der Waals surface area contributed by atoms with E-state index < -0.39 is 97.5 Å². The minimum Gasteiger partial charge on any atom is -0.462 e. The maximum Gasteiger partial charge on any atom is 0.472 e. The maximum absolute atomic E-state index is 13.1. The fourth-order valence-electron chi connectivity index (χ4n) is 12.6. The molecule has 0 spiro atoms. The van der Waals surface area contributed by atoms with Crippen LogP contribution in [0.15, 0.2) is 24.3 Å². The summed E-state index contributed by atoms with van der Waals surface area (Å²) in [6, 6.07) is 0. The Hall–Kier alpha value is -2.46. The molecule has 0 saturated carbocycles. The van der Waals surface area contributed by atoms with Gasteiger partial charge in [-0.25, -0.2) is 9.13 Å². The van der Waals surface area contributed by atoms with Gasteiger partial charge in [-0.05, 0) is 51.4 Å². The number of hydrogen-bond acceptors (Lipinski definition) is 15. The van der Waals surface area contributed by atoms with Crippen LogP contribution in [0.25, 0.3) is 0 Å². The van der Waals surface area contributed by atoms with Crippen LogP contribution in [0.1, 0.15) is 432 Å². The van der Waals surface area contributed by atoms with Crippen molar-refractivity contribution in [3.63, 3.8) is 0 Å². The van der Waals surface area contributed by atoms with Gasteiger partial charge < -0.3 is 33.8 Å². The molecule has 0 aliphatic rings. The monoisotopic (exact) mass is 1500 g/mol. The topological polar surface area (TPSA) is 237 Å². The van der Waals surface area contributed by atoms with Crippen LogP contribution in [0.2, 0.25) is 0 Å². The molecule has 103 heavy (non-hydrogen) atoms. The van der Waals surface area contributed by atoms with Crippen LogP contribution in [-0.2, 0) is 65.4 Å². The largest absolute Gasteiger partial charge is 0.472 e. The first-order valence-corrected chi connectivity index (χ1v) is 46.1. The third kappa shape index (κ3) is 77.5. The summed E-state index contributed by atoms with van der Waals surface area (Å²) in [5, 5.41) is 10.7. The smallest absolute Gasteiger partial charge is 0.462 e. The molecular formula is C84H160O17P2. The standard InChI is InChI=1S/C84H160O17P2/c1-5-9-13-17-21-25-29-33-36-37-38-39-40-43-47-51-55-59-63-67-71-84(89)101-80(75-95-82(87)69-65-61-57-53-49-45-41-34-30-26-22-18-14-10-6-2)77-99-103(92,93)97-73-78(85)72-96-102(90,91)98-76-79(74-94-81(86)68-64-60-56-52-48-44-32-28-24-20-16-12-8-4)100-83(88)70-66-62-58-54-50-46-42-35-31-27-23-19-15-11-7-3/h26,30,34,41,78-80,85H,5-25,27-29,31-33,35-40,42-77H2,1-4H3,(H,90,91)(H,92,93)/b30-26-,41-34-/t78-,79+,80+/m0/s1. The molecule has 5 atom stereocenters. The number of rotatable bonds is 83. The van der Waals surface area contributed by atoms with E-state index in [0.29, 0.717) is 25.7 Å². The first-order chi connectivity index (χ1) is 50.2. The van der Waals surface area contributed by atoms with E-state index in [9.17, 15) is 43.2 Å². The molecule has 0 fully saturated rings. The van der Waals surface area contributed by atoms with Crippen molar-refractivity contribution in [1.82, 2.24) is 0 Å². The number of hydrogen-bond donors (Lipinski definition) is 3. The van der Waals surface area contributed by atoms with E-state index >= 15 is 0 Å².